The zero-order valence-corrected chi connectivity index (χ0v) is 14.7. The molecule has 0 aliphatic carbocycles. The first kappa shape index (κ1) is 17.6. The van der Waals surface area contributed by atoms with E-state index in [2.05, 4.69) is 0 Å². The van der Waals surface area contributed by atoms with Crippen LogP contribution in [0.4, 0.5) is 0 Å². The van der Waals surface area contributed by atoms with E-state index in [4.69, 9.17) is 4.84 Å². The Bertz CT molecular complexity index is 813. The molecule has 2 heterocycles. The quantitative estimate of drug-likeness (QED) is 0.731. The fourth-order valence-electron chi connectivity index (χ4n) is 3.09. The molecule has 25 heavy (non-hydrogen) atoms. The number of hydrogen-bond acceptors (Lipinski definition) is 6. The van der Waals surface area contributed by atoms with E-state index in [1.165, 1.54) is 12.1 Å². The number of rotatable bonds is 4. The minimum Gasteiger partial charge on any atom is -0.328 e. The Hall–Kier alpha value is -2.26. The Morgan fingerprint density at radius 3 is 2.12 bits per heavy atom. The van der Waals surface area contributed by atoms with Gasteiger partial charge < -0.3 is 4.84 Å². The lowest BCUT2D eigenvalue weighted by molar-refractivity contribution is -0.174. The van der Waals surface area contributed by atoms with Crippen molar-refractivity contribution in [3.63, 3.8) is 0 Å². The van der Waals surface area contributed by atoms with Crippen LogP contribution >= 0.6 is 0 Å². The summed E-state index contributed by atoms with van der Waals surface area (Å²) >= 11 is 0. The Morgan fingerprint density at radius 2 is 1.68 bits per heavy atom. The summed E-state index contributed by atoms with van der Waals surface area (Å²) in [5.41, 5.74) is 0.297. The molecule has 0 N–H and O–H groups in total. The molecule has 2 amide bonds. The average Bonchev–Trinajstić information content (AvgIpc) is 3.00. The largest absolute Gasteiger partial charge is 0.351 e. The highest BCUT2D eigenvalue weighted by atomic mass is 32.2. The van der Waals surface area contributed by atoms with Crippen molar-refractivity contribution >= 4 is 27.8 Å². The molecule has 2 aliphatic rings. The Labute approximate surface area is 145 Å². The van der Waals surface area contributed by atoms with Crippen LogP contribution in [0.25, 0.3) is 0 Å². The molecule has 0 aromatic heterocycles. The molecule has 0 bridgehead atoms. The predicted molar refractivity (Wildman–Crippen MR) is 86.8 cm³/mol. The summed E-state index contributed by atoms with van der Waals surface area (Å²) in [5, 5.41) is 0.408. The van der Waals surface area contributed by atoms with Crippen molar-refractivity contribution in [2.24, 2.45) is 5.92 Å². The van der Waals surface area contributed by atoms with E-state index in [0.717, 1.165) is 4.31 Å². The third-order valence-electron chi connectivity index (χ3n) is 4.26. The molecule has 1 unspecified atom stereocenters. The van der Waals surface area contributed by atoms with Crippen LogP contribution in [0.1, 0.15) is 41.0 Å². The molecule has 0 radical (unpaired) electrons. The van der Waals surface area contributed by atoms with Crippen LogP contribution in [-0.4, -0.2) is 53.9 Å². The van der Waals surface area contributed by atoms with Crippen LogP contribution in [0, 0.1) is 5.92 Å². The van der Waals surface area contributed by atoms with Crippen molar-refractivity contribution in [1.82, 2.24) is 9.37 Å². The van der Waals surface area contributed by atoms with Crippen molar-refractivity contribution in [2.45, 2.75) is 26.3 Å². The van der Waals surface area contributed by atoms with Crippen molar-refractivity contribution in [3.05, 3.63) is 35.4 Å². The van der Waals surface area contributed by atoms with Gasteiger partial charge >= 0.3 is 5.97 Å². The summed E-state index contributed by atoms with van der Waals surface area (Å²) in [6.45, 7) is 3.58. The molecule has 3 rings (SSSR count). The maximum absolute atomic E-state index is 12.6. The smallest absolute Gasteiger partial charge is 0.328 e. The third kappa shape index (κ3) is 2.93. The van der Waals surface area contributed by atoms with Crippen molar-refractivity contribution in [3.8, 4) is 0 Å². The van der Waals surface area contributed by atoms with Gasteiger partial charge in [-0.3, -0.25) is 9.59 Å². The zero-order valence-electron chi connectivity index (χ0n) is 13.8. The Balaban J connectivity index is 1.84. The van der Waals surface area contributed by atoms with Crippen LogP contribution in [0.15, 0.2) is 24.3 Å². The highest BCUT2D eigenvalue weighted by molar-refractivity contribution is 7.89. The van der Waals surface area contributed by atoms with Gasteiger partial charge in [-0.2, -0.15) is 4.31 Å². The SMILES string of the molecule is CC(C)C(C(=O)ON1C(=O)c2ccccc2C1=O)N1CCCS1(=O)=O. The first-order valence-corrected chi connectivity index (χ1v) is 9.54. The van der Waals surface area contributed by atoms with Crippen molar-refractivity contribution in [1.29, 1.82) is 0 Å². The van der Waals surface area contributed by atoms with Gasteiger partial charge in [0, 0.05) is 6.54 Å². The minimum absolute atomic E-state index is 0.0312. The normalized spacial score (nSPS) is 20.8. The highest BCUT2D eigenvalue weighted by Crippen LogP contribution is 2.26. The number of carbonyl (C=O) groups is 3. The summed E-state index contributed by atoms with van der Waals surface area (Å²) in [5.74, 6) is -2.82. The summed E-state index contributed by atoms with van der Waals surface area (Å²) in [7, 11) is -3.55. The van der Waals surface area contributed by atoms with Gasteiger partial charge in [-0.25, -0.2) is 13.2 Å². The zero-order chi connectivity index (χ0) is 18.4. The number of nitrogens with zero attached hydrogens (tertiary/aromatic N) is 2. The second-order valence-electron chi connectivity index (χ2n) is 6.33. The predicted octanol–water partition coefficient (Wildman–Crippen LogP) is 0.801. The van der Waals surface area contributed by atoms with E-state index in [-0.39, 0.29) is 29.3 Å². The van der Waals surface area contributed by atoms with E-state index in [0.29, 0.717) is 11.5 Å². The number of fused-ring (bicyclic) bond motifs is 1. The van der Waals surface area contributed by atoms with Gasteiger partial charge in [-0.05, 0) is 24.5 Å². The summed E-state index contributed by atoms with van der Waals surface area (Å²) < 4.78 is 25.3. The van der Waals surface area contributed by atoms with E-state index >= 15 is 0 Å². The Kier molecular flexibility index (Phi) is 4.38. The lowest BCUT2D eigenvalue weighted by Crippen LogP contribution is -2.49. The molecule has 0 saturated carbocycles. The van der Waals surface area contributed by atoms with Crippen LogP contribution < -0.4 is 0 Å². The molecule has 1 saturated heterocycles. The number of hydroxylamine groups is 2. The molecule has 1 fully saturated rings. The van der Waals surface area contributed by atoms with Gasteiger partial charge in [0.15, 0.2) is 0 Å². The minimum atomic E-state index is -3.55. The monoisotopic (exact) mass is 366 g/mol. The molecule has 9 heteroatoms. The van der Waals surface area contributed by atoms with E-state index in [1.54, 1.807) is 26.0 Å². The van der Waals surface area contributed by atoms with Crippen LogP contribution in [0.2, 0.25) is 0 Å². The van der Waals surface area contributed by atoms with Crippen molar-refractivity contribution in [2.75, 3.05) is 12.3 Å². The van der Waals surface area contributed by atoms with Crippen molar-refractivity contribution < 1.29 is 27.6 Å². The lowest BCUT2D eigenvalue weighted by Gasteiger charge is -2.28. The Morgan fingerprint density at radius 1 is 1.12 bits per heavy atom. The van der Waals surface area contributed by atoms with E-state index in [1.807, 2.05) is 0 Å². The maximum Gasteiger partial charge on any atom is 0.351 e. The molecule has 134 valence electrons. The van der Waals surface area contributed by atoms with Gasteiger partial charge in [0.05, 0.1) is 16.9 Å². The lowest BCUT2D eigenvalue weighted by atomic mass is 10.0. The van der Waals surface area contributed by atoms with Gasteiger partial charge in [0.1, 0.15) is 6.04 Å². The van der Waals surface area contributed by atoms with Gasteiger partial charge in [-0.1, -0.05) is 31.0 Å². The molecule has 1 aromatic carbocycles. The van der Waals surface area contributed by atoms with Gasteiger partial charge in [0.25, 0.3) is 11.8 Å². The average molecular weight is 366 g/mol. The molecular formula is C16H18N2O6S. The molecule has 0 spiro atoms. The number of benzene rings is 1. The van der Waals surface area contributed by atoms with E-state index in [9.17, 15) is 22.8 Å². The molecule has 8 nitrogen and oxygen atoms in total. The second kappa shape index (κ2) is 6.23. The fraction of sp³-hybridized carbons (Fsp3) is 0.438. The standard InChI is InChI=1S/C16H18N2O6S/c1-10(2)13(17-8-5-9-25(17,22)23)16(21)24-18-14(19)11-6-3-4-7-12(11)15(18)20/h3-4,6-7,10,13H,5,8-9H2,1-2H3. The highest BCUT2D eigenvalue weighted by Gasteiger charge is 2.45. The number of carbonyl (C=O) groups excluding carboxylic acids is 3. The second-order valence-corrected chi connectivity index (χ2v) is 8.37. The van der Waals surface area contributed by atoms with Crippen LogP contribution in [0.5, 0.6) is 0 Å². The van der Waals surface area contributed by atoms with E-state index < -0.39 is 33.8 Å². The summed E-state index contributed by atoms with van der Waals surface area (Å²) in [4.78, 5) is 42.2. The van der Waals surface area contributed by atoms with Gasteiger partial charge in [0.2, 0.25) is 10.0 Å². The van der Waals surface area contributed by atoms with Crippen LogP contribution in [0.3, 0.4) is 0 Å². The maximum atomic E-state index is 12.6. The first-order valence-electron chi connectivity index (χ1n) is 7.93. The van der Waals surface area contributed by atoms with Crippen LogP contribution in [-0.2, 0) is 19.7 Å². The third-order valence-corrected chi connectivity index (χ3v) is 6.19. The fourth-order valence-corrected chi connectivity index (χ4v) is 4.90. The summed E-state index contributed by atoms with van der Waals surface area (Å²) in [6.07, 6.45) is 0.422. The molecular weight excluding hydrogens is 348 g/mol. The topological polar surface area (TPSA) is 101 Å². The molecule has 1 aromatic rings. The molecule has 2 aliphatic heterocycles. The number of amides is 2. The number of hydrogen-bond donors (Lipinski definition) is 0. The molecule has 1 atom stereocenters. The van der Waals surface area contributed by atoms with Gasteiger partial charge in [-0.15, -0.1) is 0 Å². The number of imide groups is 1. The number of sulfonamides is 1. The summed E-state index contributed by atoms with van der Waals surface area (Å²) in [6, 6.07) is 5.05. The first-order chi connectivity index (χ1) is 11.7.